The zero-order valence-electron chi connectivity index (χ0n) is 18.1. The summed E-state index contributed by atoms with van der Waals surface area (Å²) >= 11 is 0. The molecule has 3 heterocycles. The Morgan fingerprint density at radius 3 is 2.38 bits per heavy atom. The van der Waals surface area contributed by atoms with E-state index in [1.807, 2.05) is 54.1 Å². The molecule has 1 amide bonds. The smallest absolute Gasteiger partial charge is 0.349 e. The number of fused-ring (bicyclic) bond motifs is 1. The van der Waals surface area contributed by atoms with Crippen molar-refractivity contribution in [1.29, 1.82) is 0 Å². The van der Waals surface area contributed by atoms with E-state index in [-0.39, 0.29) is 11.5 Å². The number of rotatable bonds is 3. The summed E-state index contributed by atoms with van der Waals surface area (Å²) in [6, 6.07) is 18.9. The number of hydrogen-bond acceptors (Lipinski definition) is 5. The standard InChI is InChI=1S/C25H24N4O3/c1-17-23(18(2)29(26-17)20-9-4-3-5-10-20)27-12-14-28(15-13-27)24(30)21-16-19-8-6-7-11-22(19)32-25(21)31/h3-11,16H,12-15H2,1-2H3. The van der Waals surface area contributed by atoms with Gasteiger partial charge in [0, 0.05) is 31.6 Å². The van der Waals surface area contributed by atoms with Gasteiger partial charge in [0.2, 0.25) is 0 Å². The minimum absolute atomic E-state index is 0.0846. The van der Waals surface area contributed by atoms with Crippen LogP contribution in [0.3, 0.4) is 0 Å². The van der Waals surface area contributed by atoms with E-state index in [2.05, 4.69) is 11.8 Å². The van der Waals surface area contributed by atoms with Crippen LogP contribution in [-0.2, 0) is 0 Å². The molecule has 0 N–H and O–H groups in total. The lowest BCUT2D eigenvalue weighted by Gasteiger charge is -2.36. The summed E-state index contributed by atoms with van der Waals surface area (Å²) in [6.45, 7) is 6.49. The van der Waals surface area contributed by atoms with Gasteiger partial charge in [-0.15, -0.1) is 0 Å². The van der Waals surface area contributed by atoms with Crippen LogP contribution in [-0.4, -0.2) is 46.8 Å². The molecule has 0 aliphatic carbocycles. The van der Waals surface area contributed by atoms with Crippen molar-refractivity contribution in [2.75, 3.05) is 31.1 Å². The molecular weight excluding hydrogens is 404 g/mol. The molecule has 0 unspecified atom stereocenters. The van der Waals surface area contributed by atoms with Gasteiger partial charge in [0.05, 0.1) is 22.8 Å². The number of anilines is 1. The van der Waals surface area contributed by atoms with Gasteiger partial charge in [-0.2, -0.15) is 5.10 Å². The van der Waals surface area contributed by atoms with E-state index in [1.54, 1.807) is 23.1 Å². The number of carbonyl (C=O) groups is 1. The molecule has 7 heteroatoms. The fourth-order valence-electron chi connectivity index (χ4n) is 4.43. The maximum Gasteiger partial charge on any atom is 0.349 e. The molecule has 0 bridgehead atoms. The Morgan fingerprint density at radius 1 is 0.938 bits per heavy atom. The molecule has 5 rings (SSSR count). The fraction of sp³-hybridized carbons (Fsp3) is 0.240. The van der Waals surface area contributed by atoms with Crippen molar-refractivity contribution in [3.8, 4) is 5.69 Å². The first-order valence-electron chi connectivity index (χ1n) is 10.7. The quantitative estimate of drug-likeness (QED) is 0.467. The molecule has 1 aliphatic heterocycles. The summed E-state index contributed by atoms with van der Waals surface area (Å²) < 4.78 is 7.31. The fourth-order valence-corrected chi connectivity index (χ4v) is 4.43. The second-order valence-electron chi connectivity index (χ2n) is 8.03. The molecule has 0 saturated carbocycles. The number of hydrogen-bond donors (Lipinski definition) is 0. The molecule has 0 spiro atoms. The van der Waals surface area contributed by atoms with Gasteiger partial charge in [-0.05, 0) is 38.1 Å². The van der Waals surface area contributed by atoms with Crippen LogP contribution in [0.4, 0.5) is 5.69 Å². The van der Waals surface area contributed by atoms with E-state index in [0.29, 0.717) is 31.8 Å². The SMILES string of the molecule is Cc1nn(-c2ccccc2)c(C)c1N1CCN(C(=O)c2cc3ccccc3oc2=O)CC1. The van der Waals surface area contributed by atoms with Gasteiger partial charge in [0.25, 0.3) is 5.91 Å². The second kappa shape index (κ2) is 8.00. The van der Waals surface area contributed by atoms with Crippen molar-refractivity contribution in [2.45, 2.75) is 13.8 Å². The summed E-state index contributed by atoms with van der Waals surface area (Å²) in [7, 11) is 0. The summed E-state index contributed by atoms with van der Waals surface area (Å²) in [6.07, 6.45) is 0. The minimum atomic E-state index is -0.591. The average Bonchev–Trinajstić information content (AvgIpc) is 3.12. The maximum atomic E-state index is 13.1. The van der Waals surface area contributed by atoms with E-state index in [1.165, 1.54) is 0 Å². The number of carbonyl (C=O) groups excluding carboxylic acids is 1. The van der Waals surface area contributed by atoms with Crippen LogP contribution in [0.2, 0.25) is 0 Å². The predicted molar refractivity (Wildman–Crippen MR) is 124 cm³/mol. The van der Waals surface area contributed by atoms with Gasteiger partial charge in [-0.25, -0.2) is 9.48 Å². The number of piperazine rings is 1. The number of aromatic nitrogens is 2. The van der Waals surface area contributed by atoms with Gasteiger partial charge in [0.1, 0.15) is 11.1 Å². The van der Waals surface area contributed by atoms with Crippen LogP contribution in [0.15, 0.2) is 69.9 Å². The molecule has 0 atom stereocenters. The topological polar surface area (TPSA) is 71.6 Å². The number of nitrogens with zero attached hydrogens (tertiary/aromatic N) is 4. The number of benzene rings is 2. The Morgan fingerprint density at radius 2 is 1.62 bits per heavy atom. The van der Waals surface area contributed by atoms with Gasteiger partial charge in [0.15, 0.2) is 0 Å². The zero-order chi connectivity index (χ0) is 22.2. The lowest BCUT2D eigenvalue weighted by Crippen LogP contribution is -2.49. The molecule has 7 nitrogen and oxygen atoms in total. The van der Waals surface area contributed by atoms with E-state index in [4.69, 9.17) is 9.52 Å². The van der Waals surface area contributed by atoms with Crippen LogP contribution < -0.4 is 10.5 Å². The van der Waals surface area contributed by atoms with Crippen LogP contribution in [0, 0.1) is 13.8 Å². The van der Waals surface area contributed by atoms with Crippen LogP contribution >= 0.6 is 0 Å². The highest BCUT2D eigenvalue weighted by Crippen LogP contribution is 2.28. The van der Waals surface area contributed by atoms with Crippen LogP contribution in [0.25, 0.3) is 16.7 Å². The lowest BCUT2D eigenvalue weighted by atomic mass is 10.1. The van der Waals surface area contributed by atoms with Crippen LogP contribution in [0.1, 0.15) is 21.7 Å². The third-order valence-electron chi connectivity index (χ3n) is 6.01. The van der Waals surface area contributed by atoms with Crippen molar-refractivity contribution in [3.63, 3.8) is 0 Å². The van der Waals surface area contributed by atoms with Crippen molar-refractivity contribution >= 4 is 22.6 Å². The zero-order valence-corrected chi connectivity index (χ0v) is 18.1. The molecule has 1 fully saturated rings. The highest BCUT2D eigenvalue weighted by atomic mass is 16.4. The first kappa shape index (κ1) is 20.1. The maximum absolute atomic E-state index is 13.1. The van der Waals surface area contributed by atoms with E-state index in [0.717, 1.165) is 28.1 Å². The van der Waals surface area contributed by atoms with Crippen molar-refractivity contribution in [1.82, 2.24) is 14.7 Å². The average molecular weight is 428 g/mol. The highest BCUT2D eigenvalue weighted by Gasteiger charge is 2.27. The van der Waals surface area contributed by atoms with E-state index >= 15 is 0 Å². The van der Waals surface area contributed by atoms with Crippen molar-refractivity contribution < 1.29 is 9.21 Å². The number of aryl methyl sites for hydroxylation is 1. The number of amides is 1. The third kappa shape index (κ3) is 3.45. The van der Waals surface area contributed by atoms with Crippen molar-refractivity contribution in [3.05, 3.63) is 88.0 Å². The van der Waals surface area contributed by atoms with Gasteiger partial charge < -0.3 is 14.2 Å². The Bertz CT molecular complexity index is 1350. The Balaban J connectivity index is 1.35. The molecule has 32 heavy (non-hydrogen) atoms. The summed E-state index contributed by atoms with van der Waals surface area (Å²) in [5.41, 5.74) is 4.14. The first-order chi connectivity index (χ1) is 15.5. The summed E-state index contributed by atoms with van der Waals surface area (Å²) in [5.74, 6) is -0.280. The van der Waals surface area contributed by atoms with E-state index in [9.17, 15) is 9.59 Å². The van der Waals surface area contributed by atoms with E-state index < -0.39 is 5.63 Å². The molecule has 162 valence electrons. The molecule has 1 saturated heterocycles. The van der Waals surface area contributed by atoms with Gasteiger partial charge >= 0.3 is 5.63 Å². The predicted octanol–water partition coefficient (Wildman–Crippen LogP) is 3.56. The second-order valence-corrected chi connectivity index (χ2v) is 8.03. The molecule has 2 aromatic heterocycles. The Labute approximate surface area is 185 Å². The molecule has 4 aromatic rings. The number of para-hydroxylation sites is 2. The summed E-state index contributed by atoms with van der Waals surface area (Å²) in [4.78, 5) is 29.4. The molecule has 1 aliphatic rings. The summed E-state index contributed by atoms with van der Waals surface area (Å²) in [5, 5.41) is 5.48. The normalized spacial score (nSPS) is 14.2. The monoisotopic (exact) mass is 428 g/mol. The minimum Gasteiger partial charge on any atom is -0.422 e. The largest absolute Gasteiger partial charge is 0.422 e. The first-order valence-corrected chi connectivity index (χ1v) is 10.7. The highest BCUT2D eigenvalue weighted by molar-refractivity contribution is 5.96. The van der Waals surface area contributed by atoms with Gasteiger partial charge in [-0.1, -0.05) is 36.4 Å². The van der Waals surface area contributed by atoms with Crippen LogP contribution in [0.5, 0.6) is 0 Å². The molecule has 0 radical (unpaired) electrons. The van der Waals surface area contributed by atoms with Gasteiger partial charge in [-0.3, -0.25) is 4.79 Å². The van der Waals surface area contributed by atoms with Crippen molar-refractivity contribution in [2.24, 2.45) is 0 Å². The Kier molecular flexibility index (Phi) is 5.01. The third-order valence-corrected chi connectivity index (χ3v) is 6.01. The molecular formula is C25H24N4O3. The lowest BCUT2D eigenvalue weighted by molar-refractivity contribution is 0.0742. The molecule has 2 aromatic carbocycles. The Hall–Kier alpha value is -3.87.